The molecule has 2 atom stereocenters. The van der Waals surface area contributed by atoms with Crippen LogP contribution in [-0.4, -0.2) is 29.6 Å². The van der Waals surface area contributed by atoms with Gasteiger partial charge in [-0.1, -0.05) is 19.1 Å². The van der Waals surface area contributed by atoms with Crippen molar-refractivity contribution in [3.05, 3.63) is 29.3 Å². The fraction of sp³-hybridized carbons (Fsp3) is 0.467. The molecule has 3 N–H and O–H groups in total. The molecule has 2 unspecified atom stereocenters. The minimum absolute atomic E-state index is 0.0416. The summed E-state index contributed by atoms with van der Waals surface area (Å²) >= 11 is 0. The van der Waals surface area contributed by atoms with E-state index >= 15 is 0 Å². The van der Waals surface area contributed by atoms with Crippen molar-refractivity contribution < 1.29 is 14.7 Å². The van der Waals surface area contributed by atoms with E-state index in [0.29, 0.717) is 5.69 Å². The molecule has 0 aromatic heterocycles. The average molecular weight is 278 g/mol. The SMILES string of the molecule is Cc1ccc(C)c(NC(=O)C(=O)NC(C)C(C)CO)c1. The number of hydrogen-bond donors (Lipinski definition) is 3. The monoisotopic (exact) mass is 278 g/mol. The summed E-state index contributed by atoms with van der Waals surface area (Å²) in [4.78, 5) is 23.6. The Morgan fingerprint density at radius 2 is 1.85 bits per heavy atom. The molecule has 0 radical (unpaired) electrons. The van der Waals surface area contributed by atoms with E-state index in [2.05, 4.69) is 10.6 Å². The first-order chi connectivity index (χ1) is 9.35. The van der Waals surface area contributed by atoms with Crippen LogP contribution in [0.5, 0.6) is 0 Å². The Labute approximate surface area is 119 Å². The number of aliphatic hydroxyl groups is 1. The number of hydrogen-bond acceptors (Lipinski definition) is 3. The summed E-state index contributed by atoms with van der Waals surface area (Å²) in [5.74, 6) is -1.50. The maximum absolute atomic E-state index is 11.8. The Hall–Kier alpha value is -1.88. The van der Waals surface area contributed by atoms with Crippen LogP contribution in [0.25, 0.3) is 0 Å². The van der Waals surface area contributed by atoms with E-state index in [1.54, 1.807) is 13.8 Å². The molecule has 0 spiro atoms. The number of benzene rings is 1. The molecule has 0 aliphatic rings. The summed E-state index contributed by atoms with van der Waals surface area (Å²) in [5, 5.41) is 14.2. The highest BCUT2D eigenvalue weighted by molar-refractivity contribution is 6.39. The third kappa shape index (κ3) is 4.35. The topological polar surface area (TPSA) is 78.4 Å². The molecule has 20 heavy (non-hydrogen) atoms. The highest BCUT2D eigenvalue weighted by atomic mass is 16.3. The zero-order chi connectivity index (χ0) is 15.3. The molecule has 1 rings (SSSR count). The van der Waals surface area contributed by atoms with Crippen LogP contribution in [0, 0.1) is 19.8 Å². The van der Waals surface area contributed by atoms with Crippen molar-refractivity contribution in [2.45, 2.75) is 33.7 Å². The van der Waals surface area contributed by atoms with E-state index in [0.717, 1.165) is 11.1 Å². The van der Waals surface area contributed by atoms with Crippen molar-refractivity contribution in [2.24, 2.45) is 5.92 Å². The number of carbonyl (C=O) groups is 2. The molecule has 0 fully saturated rings. The van der Waals surface area contributed by atoms with Gasteiger partial charge in [-0.3, -0.25) is 9.59 Å². The zero-order valence-electron chi connectivity index (χ0n) is 12.4. The second-order valence-electron chi connectivity index (χ2n) is 5.19. The molecule has 2 amide bonds. The largest absolute Gasteiger partial charge is 0.396 e. The lowest BCUT2D eigenvalue weighted by Gasteiger charge is -2.19. The Bertz CT molecular complexity index is 500. The normalized spacial score (nSPS) is 13.4. The molecule has 5 nitrogen and oxygen atoms in total. The lowest BCUT2D eigenvalue weighted by Crippen LogP contribution is -2.44. The third-order valence-electron chi connectivity index (χ3n) is 3.35. The van der Waals surface area contributed by atoms with E-state index < -0.39 is 11.8 Å². The van der Waals surface area contributed by atoms with Gasteiger partial charge in [-0.25, -0.2) is 0 Å². The van der Waals surface area contributed by atoms with Crippen molar-refractivity contribution in [1.82, 2.24) is 5.32 Å². The van der Waals surface area contributed by atoms with E-state index in [4.69, 9.17) is 5.11 Å². The van der Waals surface area contributed by atoms with E-state index in [9.17, 15) is 9.59 Å². The van der Waals surface area contributed by atoms with Crippen molar-refractivity contribution in [2.75, 3.05) is 11.9 Å². The van der Waals surface area contributed by atoms with Gasteiger partial charge in [-0.05, 0) is 43.9 Å². The molecule has 1 aromatic carbocycles. The molecule has 0 saturated carbocycles. The smallest absolute Gasteiger partial charge is 0.313 e. The van der Waals surface area contributed by atoms with Crippen LogP contribution < -0.4 is 10.6 Å². The second-order valence-corrected chi connectivity index (χ2v) is 5.19. The van der Waals surface area contributed by atoms with Gasteiger partial charge in [0.15, 0.2) is 0 Å². The Morgan fingerprint density at radius 3 is 2.45 bits per heavy atom. The van der Waals surface area contributed by atoms with Crippen LogP contribution in [0.2, 0.25) is 0 Å². The lowest BCUT2D eigenvalue weighted by molar-refractivity contribution is -0.136. The van der Waals surface area contributed by atoms with Crippen molar-refractivity contribution >= 4 is 17.5 Å². The first-order valence-corrected chi connectivity index (χ1v) is 6.65. The number of aryl methyl sites for hydroxylation is 2. The van der Waals surface area contributed by atoms with Crippen molar-refractivity contribution in [1.29, 1.82) is 0 Å². The third-order valence-corrected chi connectivity index (χ3v) is 3.35. The van der Waals surface area contributed by atoms with Crippen LogP contribution in [0.15, 0.2) is 18.2 Å². The molecule has 0 heterocycles. The zero-order valence-corrected chi connectivity index (χ0v) is 12.4. The minimum Gasteiger partial charge on any atom is -0.396 e. The highest BCUT2D eigenvalue weighted by Crippen LogP contribution is 2.16. The van der Waals surface area contributed by atoms with Gasteiger partial charge in [0.2, 0.25) is 0 Å². The second kappa shape index (κ2) is 7.05. The molecule has 0 aliphatic heterocycles. The van der Waals surface area contributed by atoms with Gasteiger partial charge in [-0.15, -0.1) is 0 Å². The minimum atomic E-state index is -0.698. The molecule has 0 saturated heterocycles. The summed E-state index contributed by atoms with van der Waals surface area (Å²) in [6.45, 7) is 7.29. The van der Waals surface area contributed by atoms with Crippen LogP contribution >= 0.6 is 0 Å². The molecular formula is C15H22N2O3. The van der Waals surface area contributed by atoms with Gasteiger partial charge in [0.25, 0.3) is 0 Å². The Morgan fingerprint density at radius 1 is 1.20 bits per heavy atom. The summed E-state index contributed by atoms with van der Waals surface area (Å²) in [6, 6.07) is 5.38. The van der Waals surface area contributed by atoms with Crippen LogP contribution in [0.3, 0.4) is 0 Å². The lowest BCUT2D eigenvalue weighted by atomic mass is 10.1. The number of aliphatic hydroxyl groups excluding tert-OH is 1. The number of nitrogens with one attached hydrogen (secondary N) is 2. The quantitative estimate of drug-likeness (QED) is 0.728. The van der Waals surface area contributed by atoms with Crippen LogP contribution in [-0.2, 0) is 9.59 Å². The van der Waals surface area contributed by atoms with Gasteiger partial charge in [0, 0.05) is 18.3 Å². The Balaban J connectivity index is 2.66. The highest BCUT2D eigenvalue weighted by Gasteiger charge is 2.19. The number of carbonyl (C=O) groups excluding carboxylic acids is 2. The molecule has 5 heteroatoms. The standard InChI is InChI=1S/C15H22N2O3/c1-9-5-6-10(2)13(7-9)17-15(20)14(19)16-12(4)11(3)8-18/h5-7,11-12,18H,8H2,1-4H3,(H,16,19)(H,17,20). The van der Waals surface area contributed by atoms with Gasteiger partial charge >= 0.3 is 11.8 Å². The van der Waals surface area contributed by atoms with Gasteiger partial charge in [0.05, 0.1) is 0 Å². The van der Waals surface area contributed by atoms with E-state index in [1.165, 1.54) is 0 Å². The maximum atomic E-state index is 11.8. The predicted octanol–water partition coefficient (Wildman–Crippen LogP) is 1.38. The first-order valence-electron chi connectivity index (χ1n) is 6.65. The van der Waals surface area contributed by atoms with E-state index in [1.807, 2.05) is 32.0 Å². The molecule has 0 aliphatic carbocycles. The van der Waals surface area contributed by atoms with Crippen molar-refractivity contribution in [3.63, 3.8) is 0 Å². The predicted molar refractivity (Wildman–Crippen MR) is 78.4 cm³/mol. The van der Waals surface area contributed by atoms with Gasteiger partial charge in [0.1, 0.15) is 0 Å². The Kier molecular flexibility index (Phi) is 5.70. The van der Waals surface area contributed by atoms with Gasteiger partial charge < -0.3 is 15.7 Å². The summed E-state index contributed by atoms with van der Waals surface area (Å²) in [5.41, 5.74) is 2.54. The summed E-state index contributed by atoms with van der Waals surface area (Å²) in [6.07, 6.45) is 0. The molecule has 0 bridgehead atoms. The maximum Gasteiger partial charge on any atom is 0.313 e. The average Bonchev–Trinajstić information content (AvgIpc) is 2.41. The van der Waals surface area contributed by atoms with Gasteiger partial charge in [-0.2, -0.15) is 0 Å². The molecule has 1 aromatic rings. The summed E-state index contributed by atoms with van der Waals surface area (Å²) < 4.78 is 0. The van der Waals surface area contributed by atoms with Crippen molar-refractivity contribution in [3.8, 4) is 0 Å². The first kappa shape index (κ1) is 16.2. The number of anilines is 1. The van der Waals surface area contributed by atoms with Crippen LogP contribution in [0.4, 0.5) is 5.69 Å². The van der Waals surface area contributed by atoms with Crippen LogP contribution in [0.1, 0.15) is 25.0 Å². The fourth-order valence-corrected chi connectivity index (χ4v) is 1.62. The number of rotatable bonds is 4. The fourth-order valence-electron chi connectivity index (χ4n) is 1.62. The molecular weight excluding hydrogens is 256 g/mol. The molecule has 110 valence electrons. The van der Waals surface area contributed by atoms with E-state index in [-0.39, 0.29) is 18.6 Å². The number of amides is 2. The summed E-state index contributed by atoms with van der Waals surface area (Å²) in [7, 11) is 0.